The maximum atomic E-state index is 11.3. The lowest BCUT2D eigenvalue weighted by Gasteiger charge is -2.31. The van der Waals surface area contributed by atoms with Gasteiger partial charge in [0.15, 0.2) is 0 Å². The summed E-state index contributed by atoms with van der Waals surface area (Å²) in [5.41, 5.74) is 5.53. The average Bonchev–Trinajstić information content (AvgIpc) is 2.44. The van der Waals surface area contributed by atoms with Crippen molar-refractivity contribution in [1.82, 2.24) is 9.97 Å². The summed E-state index contributed by atoms with van der Waals surface area (Å²) in [6.45, 7) is 7.71. The lowest BCUT2D eigenvalue weighted by atomic mass is 9.99. The molecular formula is C13H20N6O2. The zero-order chi connectivity index (χ0) is 15.4. The molecule has 2 heterocycles. The maximum absolute atomic E-state index is 11.3. The van der Waals surface area contributed by atoms with Crippen molar-refractivity contribution >= 4 is 23.3 Å². The number of nitro groups is 1. The molecule has 1 aliphatic heterocycles. The Balaban J connectivity index is 2.37. The van der Waals surface area contributed by atoms with Crippen LogP contribution in [-0.2, 0) is 0 Å². The first-order valence-electron chi connectivity index (χ1n) is 6.94. The molecule has 1 saturated heterocycles. The molecule has 1 aromatic heterocycles. The first-order chi connectivity index (χ1) is 10.0. The number of nitrogen functional groups attached to an aromatic ring is 1. The van der Waals surface area contributed by atoms with Gasteiger partial charge in [0.05, 0.1) is 4.92 Å². The molecule has 21 heavy (non-hydrogen) atoms. The quantitative estimate of drug-likeness (QED) is 0.483. The third kappa shape index (κ3) is 3.39. The molecule has 8 heteroatoms. The van der Waals surface area contributed by atoms with Gasteiger partial charge >= 0.3 is 5.69 Å². The smallest absolute Gasteiger partial charge is 0.353 e. The molecule has 0 radical (unpaired) electrons. The van der Waals surface area contributed by atoms with Gasteiger partial charge in [0, 0.05) is 19.6 Å². The van der Waals surface area contributed by atoms with Crippen LogP contribution in [0.3, 0.4) is 0 Å². The van der Waals surface area contributed by atoms with Crippen LogP contribution in [0.4, 0.5) is 23.3 Å². The molecular weight excluding hydrogens is 272 g/mol. The van der Waals surface area contributed by atoms with Gasteiger partial charge in [-0.3, -0.25) is 10.1 Å². The number of aromatic nitrogens is 2. The van der Waals surface area contributed by atoms with Crippen LogP contribution in [-0.4, -0.2) is 34.5 Å². The predicted molar refractivity (Wildman–Crippen MR) is 82.4 cm³/mol. The molecule has 0 unspecified atom stereocenters. The molecule has 0 saturated carbocycles. The molecule has 1 aliphatic rings. The van der Waals surface area contributed by atoms with Crippen molar-refractivity contribution in [3.8, 4) is 0 Å². The fourth-order valence-electron chi connectivity index (χ4n) is 2.32. The Bertz CT molecular complexity index is 540. The van der Waals surface area contributed by atoms with E-state index in [4.69, 9.17) is 5.73 Å². The number of nitrogens with zero attached hydrogens (tertiary/aromatic N) is 4. The molecule has 3 N–H and O–H groups in total. The van der Waals surface area contributed by atoms with E-state index in [0.29, 0.717) is 18.3 Å². The van der Waals surface area contributed by atoms with Crippen molar-refractivity contribution < 1.29 is 4.92 Å². The van der Waals surface area contributed by atoms with E-state index in [-0.39, 0.29) is 17.5 Å². The normalized spacial score (nSPS) is 15.8. The van der Waals surface area contributed by atoms with Gasteiger partial charge in [-0.05, 0) is 18.8 Å². The first-order valence-corrected chi connectivity index (χ1v) is 6.94. The van der Waals surface area contributed by atoms with Crippen molar-refractivity contribution in [2.45, 2.75) is 19.8 Å². The molecule has 1 aromatic rings. The molecule has 0 bridgehead atoms. The van der Waals surface area contributed by atoms with Crippen LogP contribution in [0.2, 0.25) is 0 Å². The van der Waals surface area contributed by atoms with Gasteiger partial charge < -0.3 is 16.0 Å². The van der Waals surface area contributed by atoms with Crippen molar-refractivity contribution in [2.24, 2.45) is 5.92 Å². The van der Waals surface area contributed by atoms with E-state index in [9.17, 15) is 10.1 Å². The second-order valence-electron chi connectivity index (χ2n) is 5.20. The zero-order valence-electron chi connectivity index (χ0n) is 12.1. The Morgan fingerprint density at radius 1 is 1.52 bits per heavy atom. The van der Waals surface area contributed by atoms with E-state index in [2.05, 4.69) is 28.8 Å². The van der Waals surface area contributed by atoms with Crippen LogP contribution in [0.5, 0.6) is 0 Å². The molecule has 8 nitrogen and oxygen atoms in total. The number of hydrogen-bond donors (Lipinski definition) is 2. The molecule has 2 rings (SSSR count). The predicted octanol–water partition coefficient (Wildman–Crippen LogP) is 1.80. The minimum Gasteiger partial charge on any atom is -0.378 e. The van der Waals surface area contributed by atoms with Gasteiger partial charge in [-0.15, -0.1) is 6.58 Å². The Hall–Kier alpha value is -2.38. The number of rotatable bonds is 5. The Labute approximate surface area is 123 Å². The summed E-state index contributed by atoms with van der Waals surface area (Å²) in [6, 6.07) is 0. The van der Waals surface area contributed by atoms with E-state index in [1.54, 1.807) is 6.08 Å². The lowest BCUT2D eigenvalue weighted by molar-refractivity contribution is -0.383. The summed E-state index contributed by atoms with van der Waals surface area (Å²) in [6.07, 6.45) is 3.62. The molecule has 0 amide bonds. The Morgan fingerprint density at radius 2 is 2.19 bits per heavy atom. The summed E-state index contributed by atoms with van der Waals surface area (Å²) >= 11 is 0. The third-order valence-corrected chi connectivity index (χ3v) is 3.56. The van der Waals surface area contributed by atoms with Crippen LogP contribution in [0.15, 0.2) is 12.7 Å². The highest BCUT2D eigenvalue weighted by Crippen LogP contribution is 2.34. The van der Waals surface area contributed by atoms with Crippen molar-refractivity contribution in [1.29, 1.82) is 0 Å². The summed E-state index contributed by atoms with van der Waals surface area (Å²) in [5, 5.41) is 14.2. The van der Waals surface area contributed by atoms with Gasteiger partial charge in [-0.2, -0.15) is 9.97 Å². The third-order valence-electron chi connectivity index (χ3n) is 3.56. The van der Waals surface area contributed by atoms with Gasteiger partial charge in [0.2, 0.25) is 17.6 Å². The number of nitrogens with two attached hydrogens (primary N) is 1. The van der Waals surface area contributed by atoms with Crippen LogP contribution in [0.25, 0.3) is 0 Å². The van der Waals surface area contributed by atoms with Crippen LogP contribution in [0, 0.1) is 16.0 Å². The topological polar surface area (TPSA) is 110 Å². The summed E-state index contributed by atoms with van der Waals surface area (Å²) in [4.78, 5) is 20.9. The van der Waals surface area contributed by atoms with Gasteiger partial charge in [-0.25, -0.2) is 0 Å². The SMILES string of the molecule is C=CCNc1nc(N)c([N+](=O)[O-])c(N2CCC(C)CC2)n1. The molecule has 0 atom stereocenters. The standard InChI is InChI=1S/C13H20N6O2/c1-3-6-15-13-16-11(14)10(19(20)21)12(17-13)18-7-4-9(2)5-8-18/h3,9H,1,4-8H2,2H3,(H3,14,15,16,17). The monoisotopic (exact) mass is 292 g/mol. The van der Waals surface area contributed by atoms with E-state index in [0.717, 1.165) is 25.9 Å². The van der Waals surface area contributed by atoms with Crippen molar-refractivity contribution in [2.75, 3.05) is 35.6 Å². The minimum atomic E-state index is -0.514. The fraction of sp³-hybridized carbons (Fsp3) is 0.538. The lowest BCUT2D eigenvalue weighted by Crippen LogP contribution is -2.34. The van der Waals surface area contributed by atoms with E-state index < -0.39 is 4.92 Å². The number of nitrogens with one attached hydrogen (secondary N) is 1. The summed E-state index contributed by atoms with van der Waals surface area (Å²) in [7, 11) is 0. The van der Waals surface area contributed by atoms with Gasteiger partial charge in [-0.1, -0.05) is 13.0 Å². The highest BCUT2D eigenvalue weighted by Gasteiger charge is 2.29. The molecule has 0 aliphatic carbocycles. The Kier molecular flexibility index (Phi) is 4.56. The van der Waals surface area contributed by atoms with Crippen molar-refractivity contribution in [3.63, 3.8) is 0 Å². The summed E-state index contributed by atoms with van der Waals surface area (Å²) < 4.78 is 0. The second kappa shape index (κ2) is 6.38. The van der Waals surface area contributed by atoms with Crippen LogP contribution >= 0.6 is 0 Å². The number of hydrogen-bond acceptors (Lipinski definition) is 7. The Morgan fingerprint density at radius 3 is 2.76 bits per heavy atom. The molecule has 1 fully saturated rings. The summed E-state index contributed by atoms with van der Waals surface area (Å²) in [5.74, 6) is 1.09. The molecule has 0 aromatic carbocycles. The zero-order valence-corrected chi connectivity index (χ0v) is 12.1. The highest BCUT2D eigenvalue weighted by molar-refractivity contribution is 5.71. The van der Waals surface area contributed by atoms with Gasteiger partial charge in [0.25, 0.3) is 0 Å². The number of piperidine rings is 1. The first kappa shape index (κ1) is 15.0. The van der Waals surface area contributed by atoms with Crippen LogP contribution in [0.1, 0.15) is 19.8 Å². The van der Waals surface area contributed by atoms with E-state index in [1.165, 1.54) is 0 Å². The number of anilines is 3. The van der Waals surface area contributed by atoms with E-state index >= 15 is 0 Å². The fourth-order valence-corrected chi connectivity index (χ4v) is 2.32. The minimum absolute atomic E-state index is 0.116. The highest BCUT2D eigenvalue weighted by atomic mass is 16.6. The van der Waals surface area contributed by atoms with Crippen molar-refractivity contribution in [3.05, 3.63) is 22.8 Å². The average molecular weight is 292 g/mol. The van der Waals surface area contributed by atoms with Crippen LogP contribution < -0.4 is 16.0 Å². The van der Waals surface area contributed by atoms with Gasteiger partial charge in [0.1, 0.15) is 0 Å². The molecule has 114 valence electrons. The second-order valence-corrected chi connectivity index (χ2v) is 5.20. The maximum Gasteiger partial charge on any atom is 0.353 e. The molecule has 0 spiro atoms. The van der Waals surface area contributed by atoms with E-state index in [1.807, 2.05) is 4.90 Å². The largest absolute Gasteiger partial charge is 0.378 e.